The lowest BCUT2D eigenvalue weighted by atomic mass is 10.2. The summed E-state index contributed by atoms with van der Waals surface area (Å²) in [5.74, 6) is 0.427. The van der Waals surface area contributed by atoms with Crippen molar-refractivity contribution in [3.63, 3.8) is 0 Å². The van der Waals surface area contributed by atoms with Crippen LogP contribution in [-0.4, -0.2) is 22.1 Å². The van der Waals surface area contributed by atoms with Crippen LogP contribution in [0.3, 0.4) is 0 Å². The standard InChI is InChI=1S/C19H18BrN3O3/c1-2-26-17-6-4-3-5-16(17)22-18(24)9-10-23-12-21-15-8-7-13(20)11-14(15)19(23)25/h3-8,11-12H,2,9-10H2,1H3,(H,22,24). The van der Waals surface area contributed by atoms with Crippen LogP contribution in [0, 0.1) is 0 Å². The van der Waals surface area contributed by atoms with Crippen LogP contribution < -0.4 is 15.6 Å². The summed E-state index contributed by atoms with van der Waals surface area (Å²) in [7, 11) is 0. The van der Waals surface area contributed by atoms with Gasteiger partial charge in [-0.3, -0.25) is 14.2 Å². The van der Waals surface area contributed by atoms with E-state index in [1.807, 2.05) is 25.1 Å². The number of aryl methyl sites for hydroxylation is 1. The molecule has 3 rings (SSSR count). The SMILES string of the molecule is CCOc1ccccc1NC(=O)CCn1cnc2ccc(Br)cc2c1=O. The molecule has 2 aromatic carbocycles. The second-order valence-electron chi connectivity index (χ2n) is 5.63. The van der Waals surface area contributed by atoms with Crippen molar-refractivity contribution in [2.75, 3.05) is 11.9 Å². The lowest BCUT2D eigenvalue weighted by molar-refractivity contribution is -0.116. The Bertz CT molecular complexity index is 1000. The first-order valence-corrected chi connectivity index (χ1v) is 9.04. The molecule has 1 amide bonds. The molecule has 0 saturated heterocycles. The van der Waals surface area contributed by atoms with E-state index in [0.717, 1.165) is 4.47 Å². The minimum Gasteiger partial charge on any atom is -0.492 e. The van der Waals surface area contributed by atoms with Crippen LogP contribution in [0.1, 0.15) is 13.3 Å². The molecule has 0 aliphatic heterocycles. The highest BCUT2D eigenvalue weighted by Gasteiger charge is 2.09. The number of rotatable bonds is 6. The van der Waals surface area contributed by atoms with E-state index in [0.29, 0.717) is 28.9 Å². The quantitative estimate of drug-likeness (QED) is 0.667. The first-order chi connectivity index (χ1) is 12.6. The van der Waals surface area contributed by atoms with Gasteiger partial charge >= 0.3 is 0 Å². The van der Waals surface area contributed by atoms with Crippen LogP contribution >= 0.6 is 15.9 Å². The fourth-order valence-corrected chi connectivity index (χ4v) is 2.94. The highest BCUT2D eigenvalue weighted by atomic mass is 79.9. The van der Waals surface area contributed by atoms with Crippen molar-refractivity contribution in [2.24, 2.45) is 0 Å². The Hall–Kier alpha value is -2.67. The number of para-hydroxylation sites is 2. The zero-order chi connectivity index (χ0) is 18.5. The Balaban J connectivity index is 1.71. The molecule has 0 atom stereocenters. The molecule has 0 fully saturated rings. The van der Waals surface area contributed by atoms with Crippen LogP contribution in [-0.2, 0) is 11.3 Å². The molecule has 0 aliphatic rings. The molecule has 0 spiro atoms. The van der Waals surface area contributed by atoms with Gasteiger partial charge in [0.05, 0.1) is 29.5 Å². The molecule has 7 heteroatoms. The summed E-state index contributed by atoms with van der Waals surface area (Å²) >= 11 is 3.36. The second-order valence-corrected chi connectivity index (χ2v) is 6.55. The number of amides is 1. The molecule has 3 aromatic rings. The van der Waals surface area contributed by atoms with Crippen molar-refractivity contribution in [1.29, 1.82) is 0 Å². The Kier molecular flexibility index (Phi) is 5.68. The molecular formula is C19H18BrN3O3. The van der Waals surface area contributed by atoms with Crippen LogP contribution in [0.2, 0.25) is 0 Å². The average molecular weight is 416 g/mol. The highest BCUT2D eigenvalue weighted by Crippen LogP contribution is 2.23. The number of hydrogen-bond acceptors (Lipinski definition) is 4. The van der Waals surface area contributed by atoms with Gasteiger partial charge in [-0.25, -0.2) is 4.98 Å². The minimum absolute atomic E-state index is 0.154. The number of hydrogen-bond donors (Lipinski definition) is 1. The topological polar surface area (TPSA) is 73.2 Å². The Labute approximate surface area is 158 Å². The van der Waals surface area contributed by atoms with E-state index in [1.165, 1.54) is 10.9 Å². The van der Waals surface area contributed by atoms with E-state index in [4.69, 9.17) is 4.74 Å². The first-order valence-electron chi connectivity index (χ1n) is 8.25. The van der Waals surface area contributed by atoms with E-state index in [2.05, 4.69) is 26.2 Å². The van der Waals surface area contributed by atoms with Crippen molar-refractivity contribution in [3.8, 4) is 5.75 Å². The number of nitrogens with zero attached hydrogens (tertiary/aromatic N) is 2. The predicted molar refractivity (Wildman–Crippen MR) is 105 cm³/mol. The fourth-order valence-electron chi connectivity index (χ4n) is 2.58. The van der Waals surface area contributed by atoms with Crippen molar-refractivity contribution in [2.45, 2.75) is 19.9 Å². The predicted octanol–water partition coefficient (Wildman–Crippen LogP) is 3.59. The summed E-state index contributed by atoms with van der Waals surface area (Å²) in [6.45, 7) is 2.65. The van der Waals surface area contributed by atoms with Gasteiger partial charge < -0.3 is 10.1 Å². The maximum absolute atomic E-state index is 12.5. The van der Waals surface area contributed by atoms with Gasteiger partial charge in [0.1, 0.15) is 5.75 Å². The zero-order valence-electron chi connectivity index (χ0n) is 14.2. The largest absolute Gasteiger partial charge is 0.492 e. The second kappa shape index (κ2) is 8.14. The smallest absolute Gasteiger partial charge is 0.261 e. The van der Waals surface area contributed by atoms with Gasteiger partial charge in [0.2, 0.25) is 5.91 Å². The Morgan fingerprint density at radius 2 is 2.08 bits per heavy atom. The zero-order valence-corrected chi connectivity index (χ0v) is 15.8. The van der Waals surface area contributed by atoms with E-state index in [-0.39, 0.29) is 24.4 Å². The molecule has 1 N–H and O–H groups in total. The molecule has 1 aromatic heterocycles. The van der Waals surface area contributed by atoms with Crippen LogP contribution in [0.4, 0.5) is 5.69 Å². The third kappa shape index (κ3) is 4.11. The summed E-state index contributed by atoms with van der Waals surface area (Å²) in [5, 5.41) is 3.34. The van der Waals surface area contributed by atoms with E-state index < -0.39 is 0 Å². The minimum atomic E-state index is -0.196. The van der Waals surface area contributed by atoms with Crippen LogP contribution in [0.5, 0.6) is 5.75 Å². The van der Waals surface area contributed by atoms with Crippen molar-refractivity contribution in [1.82, 2.24) is 9.55 Å². The van der Waals surface area contributed by atoms with Gasteiger partial charge in [-0.2, -0.15) is 0 Å². The fraction of sp³-hybridized carbons (Fsp3) is 0.211. The molecule has 0 aliphatic carbocycles. The maximum Gasteiger partial charge on any atom is 0.261 e. The number of benzene rings is 2. The monoisotopic (exact) mass is 415 g/mol. The number of halogens is 1. The van der Waals surface area contributed by atoms with Crippen molar-refractivity contribution >= 4 is 38.4 Å². The number of carbonyl (C=O) groups excluding carboxylic acids is 1. The maximum atomic E-state index is 12.5. The van der Waals surface area contributed by atoms with Gasteiger partial charge in [-0.05, 0) is 37.3 Å². The molecular weight excluding hydrogens is 398 g/mol. The van der Waals surface area contributed by atoms with Gasteiger partial charge in [-0.15, -0.1) is 0 Å². The number of fused-ring (bicyclic) bond motifs is 1. The number of ether oxygens (including phenoxy) is 1. The van der Waals surface area contributed by atoms with E-state index >= 15 is 0 Å². The average Bonchev–Trinajstić information content (AvgIpc) is 2.63. The molecule has 0 radical (unpaired) electrons. The van der Waals surface area contributed by atoms with Crippen LogP contribution in [0.15, 0.2) is 58.1 Å². The first kappa shape index (κ1) is 18.1. The summed E-state index contributed by atoms with van der Waals surface area (Å²) in [4.78, 5) is 29.1. The molecule has 6 nitrogen and oxygen atoms in total. The third-order valence-corrected chi connectivity index (χ3v) is 4.32. The van der Waals surface area contributed by atoms with Gasteiger partial charge in [0.25, 0.3) is 5.56 Å². The lowest BCUT2D eigenvalue weighted by Gasteiger charge is -2.11. The molecule has 0 bridgehead atoms. The number of anilines is 1. The summed E-state index contributed by atoms with van der Waals surface area (Å²) in [6, 6.07) is 12.6. The third-order valence-electron chi connectivity index (χ3n) is 3.83. The Morgan fingerprint density at radius 3 is 2.88 bits per heavy atom. The number of aromatic nitrogens is 2. The van der Waals surface area contributed by atoms with Crippen LogP contribution in [0.25, 0.3) is 10.9 Å². The van der Waals surface area contributed by atoms with E-state index in [9.17, 15) is 9.59 Å². The van der Waals surface area contributed by atoms with E-state index in [1.54, 1.807) is 24.3 Å². The molecule has 26 heavy (non-hydrogen) atoms. The molecule has 134 valence electrons. The molecule has 0 unspecified atom stereocenters. The summed E-state index contributed by atoms with van der Waals surface area (Å²) < 4.78 is 7.75. The van der Waals surface area contributed by atoms with Crippen molar-refractivity contribution < 1.29 is 9.53 Å². The lowest BCUT2D eigenvalue weighted by Crippen LogP contribution is -2.23. The summed E-state index contributed by atoms with van der Waals surface area (Å²) in [6.07, 6.45) is 1.63. The highest BCUT2D eigenvalue weighted by molar-refractivity contribution is 9.10. The molecule has 0 saturated carbocycles. The summed E-state index contributed by atoms with van der Waals surface area (Å²) in [5.41, 5.74) is 1.08. The Morgan fingerprint density at radius 1 is 1.27 bits per heavy atom. The van der Waals surface area contributed by atoms with Gasteiger partial charge in [0.15, 0.2) is 0 Å². The van der Waals surface area contributed by atoms with Gasteiger partial charge in [0, 0.05) is 17.4 Å². The normalized spacial score (nSPS) is 10.7. The number of nitrogens with one attached hydrogen (secondary N) is 1. The number of carbonyl (C=O) groups is 1. The van der Waals surface area contributed by atoms with Crippen molar-refractivity contribution in [3.05, 3.63) is 63.6 Å². The molecule has 1 heterocycles. The van der Waals surface area contributed by atoms with Gasteiger partial charge in [-0.1, -0.05) is 28.1 Å².